The molecule has 138 valence electrons. The lowest BCUT2D eigenvalue weighted by Gasteiger charge is -2.20. The zero-order valence-corrected chi connectivity index (χ0v) is 15.5. The Morgan fingerprint density at radius 2 is 1.74 bits per heavy atom. The maximum atomic E-state index is 12.7. The van der Waals surface area contributed by atoms with Gasteiger partial charge in [-0.2, -0.15) is 0 Å². The summed E-state index contributed by atoms with van der Waals surface area (Å²) in [5, 5.41) is 0.676. The van der Waals surface area contributed by atoms with Crippen molar-refractivity contribution in [3.8, 4) is 22.8 Å². The lowest BCUT2D eigenvalue weighted by molar-refractivity contribution is 0.0774. The number of carbonyl (C=O) groups excluding carboxylic acids is 1. The third-order valence-electron chi connectivity index (χ3n) is 4.32. The normalized spacial score (nSPS) is 12.7. The molecule has 0 unspecified atom stereocenters. The summed E-state index contributed by atoms with van der Waals surface area (Å²) in [6, 6.07) is 16.4. The van der Waals surface area contributed by atoms with Crippen molar-refractivity contribution < 1.29 is 18.7 Å². The summed E-state index contributed by atoms with van der Waals surface area (Å²) in [5.74, 6) is 2.59. The number of amides is 1. The first-order chi connectivity index (χ1) is 13.1. The molecule has 6 heteroatoms. The van der Waals surface area contributed by atoms with Gasteiger partial charge in [0.2, 0.25) is 0 Å². The molecule has 1 aromatic heterocycles. The fourth-order valence-electron chi connectivity index (χ4n) is 2.93. The smallest absolute Gasteiger partial charge is 0.254 e. The number of nitrogens with zero attached hydrogens (tertiary/aromatic N) is 1. The summed E-state index contributed by atoms with van der Waals surface area (Å²) in [4.78, 5) is 14.3. The van der Waals surface area contributed by atoms with Crippen molar-refractivity contribution in [1.29, 1.82) is 0 Å². The van der Waals surface area contributed by atoms with Crippen LogP contribution in [0.5, 0.6) is 11.5 Å². The predicted molar refractivity (Wildman–Crippen MR) is 102 cm³/mol. The molecule has 0 saturated carbocycles. The van der Waals surface area contributed by atoms with Crippen LogP contribution in [0, 0.1) is 0 Å². The van der Waals surface area contributed by atoms with E-state index in [1.807, 2.05) is 36.4 Å². The Hall–Kier alpha value is -2.92. The first-order valence-electron chi connectivity index (χ1n) is 8.60. The summed E-state index contributed by atoms with van der Waals surface area (Å²) >= 11 is 5.92. The van der Waals surface area contributed by atoms with E-state index in [1.54, 1.807) is 30.1 Å². The average molecular weight is 384 g/mol. The average Bonchev–Trinajstić information content (AvgIpc) is 3.16. The number of hydrogen-bond acceptors (Lipinski definition) is 4. The summed E-state index contributed by atoms with van der Waals surface area (Å²) in [7, 11) is 1.74. The molecule has 0 fully saturated rings. The second-order valence-electron chi connectivity index (χ2n) is 6.29. The van der Waals surface area contributed by atoms with Crippen molar-refractivity contribution in [3.63, 3.8) is 0 Å². The fraction of sp³-hybridized carbons (Fsp3) is 0.190. The van der Waals surface area contributed by atoms with Gasteiger partial charge < -0.3 is 18.8 Å². The van der Waals surface area contributed by atoms with E-state index in [2.05, 4.69) is 0 Å². The molecular formula is C21H18ClNO4. The minimum absolute atomic E-state index is 0.114. The number of halogens is 1. The van der Waals surface area contributed by atoms with Crippen molar-refractivity contribution in [2.45, 2.75) is 6.54 Å². The van der Waals surface area contributed by atoms with Crippen LogP contribution in [0.2, 0.25) is 5.02 Å². The van der Waals surface area contributed by atoms with Crippen molar-refractivity contribution in [2.75, 3.05) is 20.3 Å². The zero-order chi connectivity index (χ0) is 18.8. The van der Waals surface area contributed by atoms with E-state index in [9.17, 15) is 4.79 Å². The Labute approximate surface area is 162 Å². The molecule has 5 nitrogen and oxygen atoms in total. The third-order valence-corrected chi connectivity index (χ3v) is 4.57. The number of carbonyl (C=O) groups is 1. The Bertz CT molecular complexity index is 965. The maximum absolute atomic E-state index is 12.7. The molecule has 0 saturated heterocycles. The van der Waals surface area contributed by atoms with Crippen LogP contribution >= 0.6 is 11.6 Å². The highest BCUT2D eigenvalue weighted by Gasteiger charge is 2.18. The molecule has 0 aliphatic carbocycles. The van der Waals surface area contributed by atoms with Gasteiger partial charge in [0.1, 0.15) is 24.7 Å². The van der Waals surface area contributed by atoms with Gasteiger partial charge in [-0.25, -0.2) is 0 Å². The van der Waals surface area contributed by atoms with Crippen LogP contribution in [-0.2, 0) is 6.54 Å². The van der Waals surface area contributed by atoms with Crippen molar-refractivity contribution in [3.05, 3.63) is 70.9 Å². The van der Waals surface area contributed by atoms with Gasteiger partial charge in [0.15, 0.2) is 11.5 Å². The first-order valence-corrected chi connectivity index (χ1v) is 8.98. The van der Waals surface area contributed by atoms with Gasteiger partial charge in [0, 0.05) is 23.2 Å². The van der Waals surface area contributed by atoms with Gasteiger partial charge in [-0.1, -0.05) is 11.6 Å². The van der Waals surface area contributed by atoms with Crippen molar-refractivity contribution in [1.82, 2.24) is 4.90 Å². The van der Waals surface area contributed by atoms with E-state index >= 15 is 0 Å². The molecule has 3 aromatic rings. The number of rotatable bonds is 4. The molecule has 0 spiro atoms. The standard InChI is InChI=1S/C21H18ClNO4/c1-23(21(24)15-4-8-19-20(12-15)26-11-10-25-19)13-17-7-9-18(27-17)14-2-5-16(22)6-3-14/h2-9,12H,10-11,13H2,1H3. The first kappa shape index (κ1) is 17.5. The van der Waals surface area contributed by atoms with Crippen LogP contribution in [0.3, 0.4) is 0 Å². The third kappa shape index (κ3) is 3.78. The van der Waals surface area contributed by atoms with Gasteiger partial charge in [-0.05, 0) is 54.6 Å². The van der Waals surface area contributed by atoms with Gasteiger partial charge in [-0.3, -0.25) is 4.79 Å². The Morgan fingerprint density at radius 3 is 2.52 bits per heavy atom. The van der Waals surface area contributed by atoms with Crippen LogP contribution in [0.15, 0.2) is 59.0 Å². The van der Waals surface area contributed by atoms with Gasteiger partial charge in [-0.15, -0.1) is 0 Å². The summed E-state index contributed by atoms with van der Waals surface area (Å²) < 4.78 is 16.9. The van der Waals surface area contributed by atoms with Crippen LogP contribution in [0.4, 0.5) is 0 Å². The number of hydrogen-bond donors (Lipinski definition) is 0. The van der Waals surface area contributed by atoms with Gasteiger partial charge in [0.05, 0.1) is 6.54 Å². The lowest BCUT2D eigenvalue weighted by atomic mass is 10.1. The molecule has 27 heavy (non-hydrogen) atoms. The number of ether oxygens (including phenoxy) is 2. The molecule has 1 amide bonds. The molecule has 0 N–H and O–H groups in total. The Balaban J connectivity index is 1.46. The molecule has 0 bridgehead atoms. The fourth-order valence-corrected chi connectivity index (χ4v) is 3.06. The van der Waals surface area contributed by atoms with Gasteiger partial charge >= 0.3 is 0 Å². The monoisotopic (exact) mass is 383 g/mol. The van der Waals surface area contributed by atoms with Crippen LogP contribution in [0.1, 0.15) is 16.1 Å². The van der Waals surface area contributed by atoms with Crippen LogP contribution in [-0.4, -0.2) is 31.1 Å². The SMILES string of the molecule is CN(Cc1ccc(-c2ccc(Cl)cc2)o1)C(=O)c1ccc2c(c1)OCCO2. The van der Waals surface area contributed by atoms with E-state index in [0.29, 0.717) is 47.6 Å². The predicted octanol–water partition coefficient (Wildman–Crippen LogP) is 4.64. The highest BCUT2D eigenvalue weighted by Crippen LogP contribution is 2.31. The lowest BCUT2D eigenvalue weighted by Crippen LogP contribution is -2.26. The molecule has 1 aliphatic rings. The highest BCUT2D eigenvalue weighted by atomic mass is 35.5. The quantitative estimate of drug-likeness (QED) is 0.658. The van der Waals surface area contributed by atoms with E-state index in [4.69, 9.17) is 25.5 Å². The largest absolute Gasteiger partial charge is 0.486 e. The van der Waals surface area contributed by atoms with Crippen LogP contribution < -0.4 is 9.47 Å². The zero-order valence-electron chi connectivity index (χ0n) is 14.8. The minimum Gasteiger partial charge on any atom is -0.486 e. The highest BCUT2D eigenvalue weighted by molar-refractivity contribution is 6.30. The van der Waals surface area contributed by atoms with E-state index in [1.165, 1.54) is 0 Å². The molecule has 2 heterocycles. The molecule has 0 radical (unpaired) electrons. The minimum atomic E-state index is -0.114. The van der Waals surface area contributed by atoms with E-state index in [0.717, 1.165) is 11.3 Å². The summed E-state index contributed by atoms with van der Waals surface area (Å²) in [5.41, 5.74) is 1.48. The summed E-state index contributed by atoms with van der Waals surface area (Å²) in [6.07, 6.45) is 0. The molecular weight excluding hydrogens is 366 g/mol. The Kier molecular flexibility index (Phi) is 4.77. The molecule has 0 atom stereocenters. The second-order valence-corrected chi connectivity index (χ2v) is 6.73. The van der Waals surface area contributed by atoms with E-state index in [-0.39, 0.29) is 5.91 Å². The summed E-state index contributed by atoms with van der Waals surface area (Å²) in [6.45, 7) is 1.37. The van der Waals surface area contributed by atoms with Crippen LogP contribution in [0.25, 0.3) is 11.3 Å². The molecule has 2 aromatic carbocycles. The second kappa shape index (κ2) is 7.37. The topological polar surface area (TPSA) is 51.9 Å². The molecule has 1 aliphatic heterocycles. The molecule has 4 rings (SSSR count). The number of furan rings is 1. The number of fused-ring (bicyclic) bond motifs is 1. The number of benzene rings is 2. The van der Waals surface area contributed by atoms with E-state index < -0.39 is 0 Å². The van der Waals surface area contributed by atoms with Crippen molar-refractivity contribution >= 4 is 17.5 Å². The van der Waals surface area contributed by atoms with Crippen molar-refractivity contribution in [2.24, 2.45) is 0 Å². The maximum Gasteiger partial charge on any atom is 0.254 e. The van der Waals surface area contributed by atoms with Gasteiger partial charge in [0.25, 0.3) is 5.91 Å². The Morgan fingerprint density at radius 1 is 1.00 bits per heavy atom.